The number of nitrogens with one attached hydrogen (secondary N) is 1. The molecular weight excluding hydrogens is 224 g/mol. The predicted octanol–water partition coefficient (Wildman–Crippen LogP) is 2.35. The number of rotatable bonds is 7. The van der Waals surface area contributed by atoms with Crippen LogP contribution in [-0.4, -0.2) is 19.8 Å². The Balaban J connectivity index is 2.61. The van der Waals surface area contributed by atoms with Crippen LogP contribution in [0.3, 0.4) is 0 Å². The van der Waals surface area contributed by atoms with Crippen molar-refractivity contribution in [1.82, 2.24) is 5.43 Å². The molecule has 18 heavy (non-hydrogen) atoms. The van der Waals surface area contributed by atoms with Crippen LogP contribution in [0.4, 0.5) is 0 Å². The van der Waals surface area contributed by atoms with Crippen molar-refractivity contribution in [2.75, 3.05) is 13.7 Å². The first kappa shape index (κ1) is 15.2. The van der Waals surface area contributed by atoms with Gasteiger partial charge in [-0.1, -0.05) is 36.2 Å². The van der Waals surface area contributed by atoms with Gasteiger partial charge >= 0.3 is 0 Å². The maximum Gasteiger partial charge on any atom is 0.0488 e. The molecule has 1 rings (SSSR count). The summed E-state index contributed by atoms with van der Waals surface area (Å²) in [7, 11) is 1.74. The molecule has 0 amide bonds. The Bertz CT molecular complexity index is 345. The monoisotopic (exact) mass is 250 g/mol. The SMILES string of the molecule is COCC(C)CC(Cc1cc(C)cc(C)c1)NN. The van der Waals surface area contributed by atoms with Gasteiger partial charge in [0.15, 0.2) is 0 Å². The van der Waals surface area contributed by atoms with Gasteiger partial charge in [0.05, 0.1) is 0 Å². The molecule has 2 unspecified atom stereocenters. The van der Waals surface area contributed by atoms with Gasteiger partial charge in [0, 0.05) is 19.8 Å². The van der Waals surface area contributed by atoms with Crippen LogP contribution in [0.1, 0.15) is 30.0 Å². The van der Waals surface area contributed by atoms with Crippen molar-refractivity contribution in [2.45, 2.75) is 39.7 Å². The van der Waals surface area contributed by atoms with Crippen LogP contribution >= 0.6 is 0 Å². The molecule has 0 heterocycles. The van der Waals surface area contributed by atoms with Crippen LogP contribution in [-0.2, 0) is 11.2 Å². The third kappa shape index (κ3) is 5.17. The van der Waals surface area contributed by atoms with Crippen molar-refractivity contribution in [3.8, 4) is 0 Å². The molecule has 0 radical (unpaired) electrons. The van der Waals surface area contributed by atoms with Gasteiger partial charge in [-0.2, -0.15) is 0 Å². The van der Waals surface area contributed by atoms with Crippen LogP contribution < -0.4 is 11.3 Å². The molecule has 2 atom stereocenters. The van der Waals surface area contributed by atoms with Gasteiger partial charge in [0.2, 0.25) is 0 Å². The smallest absolute Gasteiger partial charge is 0.0488 e. The number of nitrogens with two attached hydrogens (primary N) is 1. The number of aryl methyl sites for hydroxylation is 2. The maximum absolute atomic E-state index is 5.65. The molecule has 0 aliphatic heterocycles. The van der Waals surface area contributed by atoms with Gasteiger partial charge in [0.1, 0.15) is 0 Å². The summed E-state index contributed by atoms with van der Waals surface area (Å²) in [4.78, 5) is 0. The highest BCUT2D eigenvalue weighted by molar-refractivity contribution is 5.29. The molecular formula is C15H26N2O. The lowest BCUT2D eigenvalue weighted by molar-refractivity contribution is 0.149. The van der Waals surface area contributed by atoms with E-state index in [0.29, 0.717) is 12.0 Å². The fraction of sp³-hybridized carbons (Fsp3) is 0.600. The zero-order valence-corrected chi connectivity index (χ0v) is 12.0. The average Bonchev–Trinajstić information content (AvgIpc) is 2.27. The summed E-state index contributed by atoms with van der Waals surface area (Å²) in [5, 5.41) is 0. The molecule has 0 bridgehead atoms. The van der Waals surface area contributed by atoms with Crippen LogP contribution in [0.2, 0.25) is 0 Å². The van der Waals surface area contributed by atoms with Crippen molar-refractivity contribution in [1.29, 1.82) is 0 Å². The molecule has 1 aromatic rings. The van der Waals surface area contributed by atoms with E-state index in [1.165, 1.54) is 16.7 Å². The molecule has 0 aliphatic rings. The summed E-state index contributed by atoms with van der Waals surface area (Å²) in [6, 6.07) is 6.97. The minimum atomic E-state index is 0.302. The van der Waals surface area contributed by atoms with Crippen LogP contribution in [0, 0.1) is 19.8 Å². The molecule has 3 nitrogen and oxygen atoms in total. The van der Waals surface area contributed by atoms with Crippen molar-refractivity contribution in [2.24, 2.45) is 11.8 Å². The Morgan fingerprint density at radius 3 is 2.33 bits per heavy atom. The fourth-order valence-electron chi connectivity index (χ4n) is 2.52. The Hall–Kier alpha value is -0.900. The Morgan fingerprint density at radius 2 is 1.83 bits per heavy atom. The highest BCUT2D eigenvalue weighted by atomic mass is 16.5. The van der Waals surface area contributed by atoms with Crippen LogP contribution in [0.5, 0.6) is 0 Å². The van der Waals surface area contributed by atoms with E-state index < -0.39 is 0 Å². The van der Waals surface area contributed by atoms with Crippen molar-refractivity contribution >= 4 is 0 Å². The first-order valence-corrected chi connectivity index (χ1v) is 6.57. The number of hydrogen-bond donors (Lipinski definition) is 2. The largest absolute Gasteiger partial charge is 0.384 e. The minimum absolute atomic E-state index is 0.302. The summed E-state index contributed by atoms with van der Waals surface area (Å²) in [6.07, 6.45) is 1.99. The molecule has 0 saturated carbocycles. The number of methoxy groups -OCH3 is 1. The fourth-order valence-corrected chi connectivity index (χ4v) is 2.52. The molecule has 0 fully saturated rings. The second-order valence-electron chi connectivity index (χ2n) is 5.36. The number of hydrazine groups is 1. The van der Waals surface area contributed by atoms with E-state index in [0.717, 1.165) is 19.4 Å². The Kier molecular flexibility index (Phi) is 6.33. The molecule has 0 saturated heterocycles. The first-order valence-electron chi connectivity index (χ1n) is 6.57. The van der Waals surface area contributed by atoms with Gasteiger partial charge < -0.3 is 4.74 Å². The lowest BCUT2D eigenvalue weighted by Crippen LogP contribution is -2.38. The highest BCUT2D eigenvalue weighted by Crippen LogP contribution is 2.14. The van der Waals surface area contributed by atoms with Crippen LogP contribution in [0.15, 0.2) is 18.2 Å². The second kappa shape index (κ2) is 7.52. The van der Waals surface area contributed by atoms with E-state index in [1.54, 1.807) is 7.11 Å². The molecule has 0 aliphatic carbocycles. The Labute approximate surface area is 111 Å². The standard InChI is InChI=1S/C15H26N2O/c1-11-5-12(2)7-14(6-11)9-15(17-16)8-13(3)10-18-4/h5-7,13,15,17H,8-10,16H2,1-4H3. The molecule has 102 valence electrons. The quantitative estimate of drug-likeness (QED) is 0.577. The van der Waals surface area contributed by atoms with Crippen molar-refractivity contribution in [3.63, 3.8) is 0 Å². The lowest BCUT2D eigenvalue weighted by atomic mass is 9.95. The number of ether oxygens (including phenoxy) is 1. The van der Waals surface area contributed by atoms with Gasteiger partial charge in [-0.3, -0.25) is 11.3 Å². The van der Waals surface area contributed by atoms with E-state index in [1.807, 2.05) is 0 Å². The van der Waals surface area contributed by atoms with Gasteiger partial charge in [-0.15, -0.1) is 0 Å². The molecule has 1 aromatic carbocycles. The second-order valence-corrected chi connectivity index (χ2v) is 5.36. The topological polar surface area (TPSA) is 47.3 Å². The third-order valence-electron chi connectivity index (χ3n) is 3.14. The summed E-state index contributed by atoms with van der Waals surface area (Å²) in [5.41, 5.74) is 6.89. The zero-order valence-electron chi connectivity index (χ0n) is 12.0. The first-order chi connectivity index (χ1) is 8.55. The highest BCUT2D eigenvalue weighted by Gasteiger charge is 2.13. The third-order valence-corrected chi connectivity index (χ3v) is 3.14. The van der Waals surface area contributed by atoms with E-state index >= 15 is 0 Å². The van der Waals surface area contributed by atoms with E-state index in [2.05, 4.69) is 44.4 Å². The van der Waals surface area contributed by atoms with E-state index in [-0.39, 0.29) is 0 Å². The molecule has 3 N–H and O–H groups in total. The van der Waals surface area contributed by atoms with Crippen molar-refractivity contribution < 1.29 is 4.74 Å². The van der Waals surface area contributed by atoms with Crippen LogP contribution in [0.25, 0.3) is 0 Å². The van der Waals surface area contributed by atoms with E-state index in [4.69, 9.17) is 10.6 Å². The summed E-state index contributed by atoms with van der Waals surface area (Å²) in [6.45, 7) is 7.24. The van der Waals surface area contributed by atoms with Gasteiger partial charge in [-0.05, 0) is 38.2 Å². The molecule has 3 heteroatoms. The van der Waals surface area contributed by atoms with Gasteiger partial charge in [0.25, 0.3) is 0 Å². The average molecular weight is 250 g/mol. The van der Waals surface area contributed by atoms with E-state index in [9.17, 15) is 0 Å². The summed E-state index contributed by atoms with van der Waals surface area (Å²) in [5.74, 6) is 6.17. The summed E-state index contributed by atoms with van der Waals surface area (Å²) < 4.78 is 5.17. The maximum atomic E-state index is 5.65. The summed E-state index contributed by atoms with van der Waals surface area (Å²) >= 11 is 0. The number of hydrogen-bond acceptors (Lipinski definition) is 3. The zero-order chi connectivity index (χ0) is 13.5. The number of benzene rings is 1. The molecule has 0 spiro atoms. The predicted molar refractivity (Wildman–Crippen MR) is 76.4 cm³/mol. The Morgan fingerprint density at radius 1 is 1.22 bits per heavy atom. The molecule has 0 aromatic heterocycles. The van der Waals surface area contributed by atoms with Crippen molar-refractivity contribution in [3.05, 3.63) is 34.9 Å². The minimum Gasteiger partial charge on any atom is -0.384 e. The van der Waals surface area contributed by atoms with Gasteiger partial charge in [-0.25, -0.2) is 0 Å². The normalized spacial score (nSPS) is 14.5. The lowest BCUT2D eigenvalue weighted by Gasteiger charge is -2.20.